The Morgan fingerprint density at radius 2 is 1.86 bits per heavy atom. The second-order valence-corrected chi connectivity index (χ2v) is 8.83. The van der Waals surface area contributed by atoms with Gasteiger partial charge in [0.1, 0.15) is 0 Å². The van der Waals surface area contributed by atoms with Crippen LogP contribution in [0.5, 0.6) is 0 Å². The molecule has 0 fully saturated rings. The highest BCUT2D eigenvalue weighted by atomic mass is 32.2. The molecule has 1 atom stereocenters. The van der Waals surface area contributed by atoms with Crippen LogP contribution in [0.1, 0.15) is 37.4 Å². The summed E-state index contributed by atoms with van der Waals surface area (Å²) in [6, 6.07) is 14.1. The molecule has 0 spiro atoms. The Bertz CT molecular complexity index is 1010. The van der Waals surface area contributed by atoms with Crippen LogP contribution >= 0.6 is 0 Å². The topological polar surface area (TPSA) is 95.6 Å². The van der Waals surface area contributed by atoms with Crippen LogP contribution in [0.25, 0.3) is 0 Å². The Balaban J connectivity index is 1.55. The molecule has 2 aromatic rings. The summed E-state index contributed by atoms with van der Waals surface area (Å²) in [6.45, 7) is 3.94. The van der Waals surface area contributed by atoms with Gasteiger partial charge in [-0.3, -0.25) is 9.59 Å². The van der Waals surface area contributed by atoms with Crippen molar-refractivity contribution < 1.29 is 18.0 Å². The van der Waals surface area contributed by atoms with Gasteiger partial charge in [0.05, 0.1) is 10.9 Å². The number of rotatable bonds is 7. The van der Waals surface area contributed by atoms with Crippen molar-refractivity contribution in [2.75, 3.05) is 18.0 Å². The lowest BCUT2D eigenvalue weighted by molar-refractivity contribution is -0.121. The first kappa shape index (κ1) is 21.0. The van der Waals surface area contributed by atoms with E-state index in [9.17, 15) is 18.0 Å². The van der Waals surface area contributed by atoms with Crippen molar-refractivity contribution in [1.82, 2.24) is 10.0 Å². The van der Waals surface area contributed by atoms with Crippen LogP contribution in [-0.4, -0.2) is 33.3 Å². The molecule has 2 amide bonds. The lowest BCUT2D eigenvalue weighted by atomic mass is 10.1. The zero-order valence-corrected chi connectivity index (χ0v) is 17.3. The summed E-state index contributed by atoms with van der Waals surface area (Å²) >= 11 is 0. The summed E-state index contributed by atoms with van der Waals surface area (Å²) in [4.78, 5) is 25.5. The summed E-state index contributed by atoms with van der Waals surface area (Å²) in [5, 5.41) is 2.86. The van der Waals surface area contributed by atoms with Gasteiger partial charge >= 0.3 is 0 Å². The van der Waals surface area contributed by atoms with Gasteiger partial charge < -0.3 is 10.2 Å². The average Bonchev–Trinajstić information content (AvgIpc) is 3.12. The van der Waals surface area contributed by atoms with Crippen molar-refractivity contribution in [1.29, 1.82) is 0 Å². The number of anilines is 1. The number of amides is 2. The molecule has 0 saturated carbocycles. The van der Waals surface area contributed by atoms with E-state index < -0.39 is 10.0 Å². The van der Waals surface area contributed by atoms with E-state index in [2.05, 4.69) is 10.0 Å². The van der Waals surface area contributed by atoms with Crippen LogP contribution in [0.3, 0.4) is 0 Å². The SMILES string of the molecule is CC(=O)N1CCc2cc(S(=O)(=O)NCCC(=O)N[C@@H](C)c3ccccc3)ccc21. The van der Waals surface area contributed by atoms with E-state index in [0.717, 1.165) is 16.8 Å². The van der Waals surface area contributed by atoms with Gasteiger partial charge in [-0.15, -0.1) is 0 Å². The Morgan fingerprint density at radius 3 is 2.55 bits per heavy atom. The molecule has 154 valence electrons. The highest BCUT2D eigenvalue weighted by Crippen LogP contribution is 2.30. The lowest BCUT2D eigenvalue weighted by Gasteiger charge is -2.15. The third-order valence-electron chi connectivity index (χ3n) is 4.96. The fourth-order valence-electron chi connectivity index (χ4n) is 3.39. The van der Waals surface area contributed by atoms with Gasteiger partial charge in [-0.25, -0.2) is 13.1 Å². The first-order valence-electron chi connectivity index (χ1n) is 9.53. The summed E-state index contributed by atoms with van der Waals surface area (Å²) in [7, 11) is -3.73. The zero-order chi connectivity index (χ0) is 21.0. The Kier molecular flexibility index (Phi) is 6.34. The number of fused-ring (bicyclic) bond motifs is 1. The molecule has 29 heavy (non-hydrogen) atoms. The molecule has 8 heteroatoms. The van der Waals surface area contributed by atoms with Crippen molar-refractivity contribution in [2.45, 2.75) is 37.6 Å². The predicted molar refractivity (Wildman–Crippen MR) is 111 cm³/mol. The summed E-state index contributed by atoms with van der Waals surface area (Å²) in [5.74, 6) is -0.289. The number of nitrogens with zero attached hydrogens (tertiary/aromatic N) is 1. The van der Waals surface area contributed by atoms with E-state index >= 15 is 0 Å². The molecular formula is C21H25N3O4S. The van der Waals surface area contributed by atoms with Crippen molar-refractivity contribution in [3.63, 3.8) is 0 Å². The minimum Gasteiger partial charge on any atom is -0.350 e. The third kappa shape index (κ3) is 5.02. The molecule has 0 radical (unpaired) electrons. The first-order chi connectivity index (χ1) is 13.8. The zero-order valence-electron chi connectivity index (χ0n) is 16.5. The minimum atomic E-state index is -3.73. The molecule has 0 unspecified atom stereocenters. The first-order valence-corrected chi connectivity index (χ1v) is 11.0. The van der Waals surface area contributed by atoms with E-state index in [0.29, 0.717) is 13.0 Å². The maximum atomic E-state index is 12.5. The molecule has 1 aliphatic rings. The Morgan fingerprint density at radius 1 is 1.14 bits per heavy atom. The number of carbonyl (C=O) groups is 2. The van der Waals surface area contributed by atoms with Crippen LogP contribution in [0.15, 0.2) is 53.4 Å². The highest BCUT2D eigenvalue weighted by molar-refractivity contribution is 7.89. The van der Waals surface area contributed by atoms with E-state index in [-0.39, 0.29) is 35.7 Å². The number of hydrogen-bond acceptors (Lipinski definition) is 4. The number of carbonyl (C=O) groups excluding carboxylic acids is 2. The van der Waals surface area contributed by atoms with Crippen LogP contribution in [0.2, 0.25) is 0 Å². The Labute approximate surface area is 171 Å². The average molecular weight is 416 g/mol. The van der Waals surface area contributed by atoms with Crippen molar-refractivity contribution >= 4 is 27.5 Å². The molecule has 2 N–H and O–H groups in total. The van der Waals surface area contributed by atoms with E-state index in [4.69, 9.17) is 0 Å². The monoisotopic (exact) mass is 415 g/mol. The van der Waals surface area contributed by atoms with Gasteiger partial charge in [0.2, 0.25) is 21.8 Å². The highest BCUT2D eigenvalue weighted by Gasteiger charge is 2.24. The van der Waals surface area contributed by atoms with Gasteiger partial charge in [0.25, 0.3) is 0 Å². The van der Waals surface area contributed by atoms with E-state index in [1.54, 1.807) is 17.0 Å². The molecule has 0 saturated heterocycles. The number of sulfonamides is 1. The van der Waals surface area contributed by atoms with Crippen LogP contribution in [0.4, 0.5) is 5.69 Å². The molecule has 7 nitrogen and oxygen atoms in total. The second kappa shape index (κ2) is 8.75. The number of benzene rings is 2. The number of hydrogen-bond donors (Lipinski definition) is 2. The van der Waals surface area contributed by atoms with E-state index in [1.165, 1.54) is 13.0 Å². The van der Waals surface area contributed by atoms with Gasteiger partial charge in [-0.1, -0.05) is 30.3 Å². The van der Waals surface area contributed by atoms with Crippen molar-refractivity contribution in [2.24, 2.45) is 0 Å². The maximum absolute atomic E-state index is 12.5. The minimum absolute atomic E-state index is 0.00628. The molecule has 2 aromatic carbocycles. The third-order valence-corrected chi connectivity index (χ3v) is 6.42. The fraction of sp³-hybridized carbons (Fsp3) is 0.333. The van der Waals surface area contributed by atoms with Crippen LogP contribution in [-0.2, 0) is 26.0 Å². The van der Waals surface area contributed by atoms with Gasteiger partial charge in [-0.2, -0.15) is 0 Å². The van der Waals surface area contributed by atoms with Crippen molar-refractivity contribution in [3.8, 4) is 0 Å². The lowest BCUT2D eigenvalue weighted by Crippen LogP contribution is -2.32. The maximum Gasteiger partial charge on any atom is 0.240 e. The van der Waals surface area contributed by atoms with Crippen molar-refractivity contribution in [3.05, 3.63) is 59.7 Å². The van der Waals surface area contributed by atoms with Gasteiger partial charge in [0.15, 0.2) is 0 Å². The van der Waals surface area contributed by atoms with Gasteiger partial charge in [0, 0.05) is 32.1 Å². The normalized spacial score (nSPS) is 14.3. The van der Waals surface area contributed by atoms with Crippen LogP contribution < -0.4 is 14.9 Å². The molecule has 0 aromatic heterocycles. The second-order valence-electron chi connectivity index (χ2n) is 7.06. The molecule has 0 aliphatic carbocycles. The predicted octanol–water partition coefficient (Wildman–Crippen LogP) is 2.14. The van der Waals surface area contributed by atoms with Gasteiger partial charge in [-0.05, 0) is 42.7 Å². The fourth-order valence-corrected chi connectivity index (χ4v) is 4.48. The molecule has 1 aliphatic heterocycles. The van der Waals surface area contributed by atoms with Crippen LogP contribution in [0, 0.1) is 0 Å². The molecule has 1 heterocycles. The standard InChI is InChI=1S/C21H25N3O4S/c1-15(17-6-4-3-5-7-17)23-21(26)10-12-22-29(27,28)19-8-9-20-18(14-19)11-13-24(20)16(2)25/h3-9,14-15,22H,10-13H2,1-2H3,(H,23,26)/t15-/m0/s1. The quantitative estimate of drug-likeness (QED) is 0.724. The largest absolute Gasteiger partial charge is 0.350 e. The molecular weight excluding hydrogens is 390 g/mol. The van der Waals surface area contributed by atoms with E-state index in [1.807, 2.05) is 37.3 Å². The number of nitrogens with one attached hydrogen (secondary N) is 2. The smallest absolute Gasteiger partial charge is 0.240 e. The summed E-state index contributed by atoms with van der Waals surface area (Å²) < 4.78 is 27.6. The molecule has 3 rings (SSSR count). The summed E-state index contributed by atoms with van der Waals surface area (Å²) in [5.41, 5.74) is 2.57. The molecule has 0 bridgehead atoms. The Hall–Kier alpha value is -2.71. The summed E-state index contributed by atoms with van der Waals surface area (Å²) in [6.07, 6.45) is 0.664.